The normalized spacial score (nSPS) is 10.5. The molecule has 0 aliphatic carbocycles. The summed E-state index contributed by atoms with van der Waals surface area (Å²) in [6.07, 6.45) is 2.46. The quantitative estimate of drug-likeness (QED) is 0.847. The summed E-state index contributed by atoms with van der Waals surface area (Å²) in [7, 11) is 1.86. The maximum Gasteiger partial charge on any atom is 0.223 e. The van der Waals surface area contributed by atoms with Crippen molar-refractivity contribution >= 4 is 5.95 Å². The molecular weight excluding hydrogens is 216 g/mol. The molecule has 1 N–H and O–H groups in total. The van der Waals surface area contributed by atoms with Crippen molar-refractivity contribution < 1.29 is 0 Å². The standard InChI is InChI=1S/C11H16N6/c1-8-6-9(2)15-11(14-8)12-5-4-10-13-7-17(3)16-10/h6-7H,4-5H2,1-3H3,(H,12,14,15). The molecule has 0 amide bonds. The van der Waals surface area contributed by atoms with E-state index in [4.69, 9.17) is 0 Å². The summed E-state index contributed by atoms with van der Waals surface area (Å²) in [5.41, 5.74) is 1.94. The lowest BCUT2D eigenvalue weighted by Gasteiger charge is -2.04. The Kier molecular flexibility index (Phi) is 3.32. The maximum atomic E-state index is 4.30. The number of aromatic nitrogens is 5. The number of nitrogens with one attached hydrogen (secondary N) is 1. The van der Waals surface area contributed by atoms with Crippen molar-refractivity contribution in [3.05, 3.63) is 29.6 Å². The largest absolute Gasteiger partial charge is 0.354 e. The Morgan fingerprint density at radius 3 is 2.53 bits per heavy atom. The number of anilines is 1. The first-order valence-electron chi connectivity index (χ1n) is 5.54. The average molecular weight is 232 g/mol. The summed E-state index contributed by atoms with van der Waals surface area (Å²) in [4.78, 5) is 12.8. The summed E-state index contributed by atoms with van der Waals surface area (Å²) in [6.45, 7) is 4.65. The van der Waals surface area contributed by atoms with Crippen molar-refractivity contribution in [2.45, 2.75) is 20.3 Å². The van der Waals surface area contributed by atoms with E-state index in [-0.39, 0.29) is 0 Å². The Hall–Kier alpha value is -1.98. The molecule has 17 heavy (non-hydrogen) atoms. The second-order valence-electron chi connectivity index (χ2n) is 3.99. The molecule has 0 saturated heterocycles. The highest BCUT2D eigenvalue weighted by Gasteiger charge is 2.01. The predicted octanol–water partition coefficient (Wildman–Crippen LogP) is 0.877. The van der Waals surface area contributed by atoms with Crippen molar-refractivity contribution in [3.63, 3.8) is 0 Å². The second kappa shape index (κ2) is 4.90. The maximum absolute atomic E-state index is 4.30. The molecule has 0 bridgehead atoms. The lowest BCUT2D eigenvalue weighted by molar-refractivity contribution is 0.741. The first-order valence-corrected chi connectivity index (χ1v) is 5.54. The van der Waals surface area contributed by atoms with Gasteiger partial charge in [0, 0.05) is 31.4 Å². The Balaban J connectivity index is 1.89. The monoisotopic (exact) mass is 232 g/mol. The summed E-state index contributed by atoms with van der Waals surface area (Å²) in [6, 6.07) is 1.95. The van der Waals surface area contributed by atoms with Crippen LogP contribution in [-0.2, 0) is 13.5 Å². The fraction of sp³-hybridized carbons (Fsp3) is 0.455. The van der Waals surface area contributed by atoms with Crippen LogP contribution in [0.25, 0.3) is 0 Å². The van der Waals surface area contributed by atoms with Crippen molar-refractivity contribution in [2.24, 2.45) is 7.05 Å². The lowest BCUT2D eigenvalue weighted by Crippen LogP contribution is -2.10. The molecule has 0 aliphatic heterocycles. The zero-order valence-electron chi connectivity index (χ0n) is 10.3. The zero-order chi connectivity index (χ0) is 12.3. The molecule has 0 fully saturated rings. The van der Waals surface area contributed by atoms with Gasteiger partial charge >= 0.3 is 0 Å². The van der Waals surface area contributed by atoms with Gasteiger partial charge < -0.3 is 5.32 Å². The van der Waals surface area contributed by atoms with Crippen LogP contribution in [0.15, 0.2) is 12.4 Å². The molecule has 2 aromatic heterocycles. The van der Waals surface area contributed by atoms with Gasteiger partial charge in [0.2, 0.25) is 5.95 Å². The SMILES string of the molecule is Cc1cc(C)nc(NCCc2ncn(C)n2)n1. The molecular formula is C11H16N6. The van der Waals surface area contributed by atoms with Gasteiger partial charge in [-0.25, -0.2) is 15.0 Å². The summed E-state index contributed by atoms with van der Waals surface area (Å²) in [5.74, 6) is 1.49. The second-order valence-corrected chi connectivity index (χ2v) is 3.99. The van der Waals surface area contributed by atoms with Gasteiger partial charge in [0.1, 0.15) is 6.33 Å². The topological polar surface area (TPSA) is 68.5 Å². The molecule has 6 heteroatoms. The van der Waals surface area contributed by atoms with E-state index in [1.165, 1.54) is 0 Å². The van der Waals surface area contributed by atoms with E-state index < -0.39 is 0 Å². The highest BCUT2D eigenvalue weighted by Crippen LogP contribution is 2.03. The molecule has 2 aromatic rings. The minimum absolute atomic E-state index is 0.665. The summed E-state index contributed by atoms with van der Waals surface area (Å²) in [5, 5.41) is 7.37. The van der Waals surface area contributed by atoms with Gasteiger partial charge in [-0.1, -0.05) is 0 Å². The van der Waals surface area contributed by atoms with Crippen LogP contribution in [0.4, 0.5) is 5.95 Å². The first kappa shape index (κ1) is 11.5. The van der Waals surface area contributed by atoms with Crippen molar-refractivity contribution in [1.29, 1.82) is 0 Å². The van der Waals surface area contributed by atoms with Gasteiger partial charge in [0.05, 0.1) is 0 Å². The van der Waals surface area contributed by atoms with Gasteiger partial charge in [-0.2, -0.15) is 5.10 Å². The number of hydrogen-bond acceptors (Lipinski definition) is 5. The van der Waals surface area contributed by atoms with Gasteiger partial charge in [0.15, 0.2) is 5.82 Å². The molecule has 0 radical (unpaired) electrons. The Labute approximate surface area is 100 Å². The van der Waals surface area contributed by atoms with Crippen LogP contribution in [0.1, 0.15) is 17.2 Å². The van der Waals surface area contributed by atoms with Gasteiger partial charge in [-0.3, -0.25) is 4.68 Å². The van der Waals surface area contributed by atoms with E-state index in [1.54, 1.807) is 11.0 Å². The van der Waals surface area contributed by atoms with E-state index in [0.29, 0.717) is 5.95 Å². The molecule has 0 spiro atoms. The minimum atomic E-state index is 0.665. The van der Waals surface area contributed by atoms with Crippen molar-refractivity contribution in [2.75, 3.05) is 11.9 Å². The molecule has 0 saturated carbocycles. The van der Waals surface area contributed by atoms with Crippen LogP contribution < -0.4 is 5.32 Å². The fourth-order valence-corrected chi connectivity index (χ4v) is 1.59. The molecule has 90 valence electrons. The number of rotatable bonds is 4. The smallest absolute Gasteiger partial charge is 0.223 e. The molecule has 0 aromatic carbocycles. The molecule has 2 rings (SSSR count). The van der Waals surface area contributed by atoms with Crippen LogP contribution in [-0.4, -0.2) is 31.3 Å². The van der Waals surface area contributed by atoms with E-state index >= 15 is 0 Å². The minimum Gasteiger partial charge on any atom is -0.354 e. The highest BCUT2D eigenvalue weighted by molar-refractivity contribution is 5.27. The summed E-state index contributed by atoms with van der Waals surface area (Å²) < 4.78 is 1.70. The van der Waals surface area contributed by atoms with Crippen LogP contribution in [0.3, 0.4) is 0 Å². The third-order valence-corrected chi connectivity index (χ3v) is 2.26. The molecule has 0 atom stereocenters. The Morgan fingerprint density at radius 1 is 1.24 bits per heavy atom. The first-order chi connectivity index (χ1) is 8.13. The number of aryl methyl sites for hydroxylation is 3. The third kappa shape index (κ3) is 3.24. The van der Waals surface area contributed by atoms with Crippen molar-refractivity contribution in [3.8, 4) is 0 Å². The fourth-order valence-electron chi connectivity index (χ4n) is 1.59. The molecule has 0 aliphatic rings. The van der Waals surface area contributed by atoms with E-state index in [2.05, 4.69) is 25.4 Å². The van der Waals surface area contributed by atoms with Gasteiger partial charge in [0.25, 0.3) is 0 Å². The van der Waals surface area contributed by atoms with Gasteiger partial charge in [-0.05, 0) is 19.9 Å². The molecule has 0 unspecified atom stereocenters. The highest BCUT2D eigenvalue weighted by atomic mass is 15.3. The Morgan fingerprint density at radius 2 is 1.94 bits per heavy atom. The average Bonchev–Trinajstić information content (AvgIpc) is 2.63. The number of nitrogens with zero attached hydrogens (tertiary/aromatic N) is 5. The summed E-state index contributed by atoms with van der Waals surface area (Å²) >= 11 is 0. The van der Waals surface area contributed by atoms with Crippen LogP contribution in [0, 0.1) is 13.8 Å². The van der Waals surface area contributed by atoms with Crippen LogP contribution in [0.2, 0.25) is 0 Å². The predicted molar refractivity (Wildman–Crippen MR) is 64.7 cm³/mol. The van der Waals surface area contributed by atoms with E-state index in [0.717, 1.165) is 30.2 Å². The van der Waals surface area contributed by atoms with Crippen LogP contribution in [0.5, 0.6) is 0 Å². The van der Waals surface area contributed by atoms with Crippen molar-refractivity contribution in [1.82, 2.24) is 24.7 Å². The number of hydrogen-bond donors (Lipinski definition) is 1. The zero-order valence-corrected chi connectivity index (χ0v) is 10.3. The molecule has 2 heterocycles. The lowest BCUT2D eigenvalue weighted by atomic mass is 10.3. The molecule has 6 nitrogen and oxygen atoms in total. The Bertz CT molecular complexity index is 484. The van der Waals surface area contributed by atoms with E-state index in [9.17, 15) is 0 Å². The van der Waals surface area contributed by atoms with E-state index in [1.807, 2.05) is 27.0 Å². The van der Waals surface area contributed by atoms with Crippen LogP contribution >= 0.6 is 0 Å². The van der Waals surface area contributed by atoms with Gasteiger partial charge in [-0.15, -0.1) is 0 Å². The third-order valence-electron chi connectivity index (χ3n) is 2.26.